The topological polar surface area (TPSA) is 76.3 Å². The Bertz CT molecular complexity index is 1160. The van der Waals surface area contributed by atoms with Crippen LogP contribution in [-0.2, 0) is 19.5 Å². The molecule has 2 amide bonds. The average molecular weight is 433 g/mol. The van der Waals surface area contributed by atoms with Gasteiger partial charge in [-0.2, -0.15) is 5.10 Å². The highest BCUT2D eigenvalue weighted by atomic mass is 16.2. The normalized spacial score (nSPS) is 19.5. The smallest absolute Gasteiger partial charge is 0.273 e. The van der Waals surface area contributed by atoms with Crippen LogP contribution in [-0.4, -0.2) is 67.1 Å². The van der Waals surface area contributed by atoms with Gasteiger partial charge in [0.15, 0.2) is 0 Å². The lowest BCUT2D eigenvalue weighted by molar-refractivity contribution is 0.0653. The first-order chi connectivity index (χ1) is 15.5. The minimum Gasteiger partial charge on any atom is -0.343 e. The SMILES string of the molecule is CCn1nccc1C(=O)N1[C@@H]2CC[C@H]1Cc1c(C(=O)N(C)C)nc(-c3ccccc3)n1C2. The van der Waals surface area contributed by atoms with Crippen LogP contribution in [0.2, 0.25) is 0 Å². The van der Waals surface area contributed by atoms with E-state index in [1.165, 1.54) is 0 Å². The van der Waals surface area contributed by atoms with E-state index in [9.17, 15) is 9.59 Å². The van der Waals surface area contributed by atoms with Crippen LogP contribution in [0.1, 0.15) is 46.4 Å². The van der Waals surface area contributed by atoms with E-state index in [0.29, 0.717) is 30.9 Å². The molecule has 8 heteroatoms. The number of fused-ring (bicyclic) bond motifs is 3. The zero-order valence-corrected chi connectivity index (χ0v) is 18.7. The molecule has 2 aromatic heterocycles. The Kier molecular flexibility index (Phi) is 5.07. The van der Waals surface area contributed by atoms with E-state index in [1.807, 2.05) is 42.2 Å². The van der Waals surface area contributed by atoms with Gasteiger partial charge in [-0.25, -0.2) is 4.98 Å². The van der Waals surface area contributed by atoms with E-state index in [0.717, 1.165) is 29.9 Å². The van der Waals surface area contributed by atoms with Gasteiger partial charge in [0.25, 0.3) is 11.8 Å². The van der Waals surface area contributed by atoms with Gasteiger partial charge in [0.1, 0.15) is 17.2 Å². The summed E-state index contributed by atoms with van der Waals surface area (Å²) in [5, 5.41) is 4.29. The van der Waals surface area contributed by atoms with Crippen molar-refractivity contribution in [2.24, 2.45) is 0 Å². The van der Waals surface area contributed by atoms with Crippen molar-refractivity contribution in [3.63, 3.8) is 0 Å². The van der Waals surface area contributed by atoms with Gasteiger partial charge in [-0.05, 0) is 25.8 Å². The van der Waals surface area contributed by atoms with Crippen LogP contribution in [0.5, 0.6) is 0 Å². The maximum absolute atomic E-state index is 13.6. The number of hydrogen-bond acceptors (Lipinski definition) is 4. The molecule has 1 saturated heterocycles. The number of rotatable bonds is 4. The number of imidazole rings is 1. The van der Waals surface area contributed by atoms with Gasteiger partial charge in [-0.15, -0.1) is 0 Å². The van der Waals surface area contributed by atoms with E-state index in [1.54, 1.807) is 35.9 Å². The number of carbonyl (C=O) groups excluding carboxylic acids is 2. The van der Waals surface area contributed by atoms with Gasteiger partial charge in [0.2, 0.25) is 0 Å². The molecule has 2 aliphatic rings. The van der Waals surface area contributed by atoms with Crippen LogP contribution in [0.3, 0.4) is 0 Å². The average Bonchev–Trinajstić information content (AvgIpc) is 3.48. The lowest BCUT2D eigenvalue weighted by Gasteiger charge is -2.28. The molecular weight excluding hydrogens is 404 g/mol. The molecule has 0 spiro atoms. The lowest BCUT2D eigenvalue weighted by Crippen LogP contribution is -2.43. The molecule has 1 aromatic carbocycles. The molecule has 0 unspecified atom stereocenters. The van der Waals surface area contributed by atoms with E-state index < -0.39 is 0 Å². The van der Waals surface area contributed by atoms with Gasteiger partial charge < -0.3 is 14.4 Å². The largest absolute Gasteiger partial charge is 0.343 e. The minimum absolute atomic E-state index is 0.0253. The van der Waals surface area contributed by atoms with Crippen LogP contribution in [0, 0.1) is 0 Å². The highest BCUT2D eigenvalue weighted by Gasteiger charge is 2.43. The minimum atomic E-state index is -0.101. The van der Waals surface area contributed by atoms with E-state index in [4.69, 9.17) is 4.98 Å². The lowest BCUT2D eigenvalue weighted by atomic mass is 10.0. The van der Waals surface area contributed by atoms with Crippen molar-refractivity contribution in [1.82, 2.24) is 29.1 Å². The fourth-order valence-corrected chi connectivity index (χ4v) is 5.09. The Balaban J connectivity index is 1.59. The second-order valence-corrected chi connectivity index (χ2v) is 8.74. The van der Waals surface area contributed by atoms with Crippen molar-refractivity contribution in [3.8, 4) is 11.4 Å². The Morgan fingerprint density at radius 1 is 1.09 bits per heavy atom. The predicted octanol–water partition coefficient (Wildman–Crippen LogP) is 2.70. The maximum atomic E-state index is 13.6. The molecule has 1 fully saturated rings. The molecular formula is C24H28N6O2. The van der Waals surface area contributed by atoms with Crippen LogP contribution >= 0.6 is 0 Å². The molecule has 0 radical (unpaired) electrons. The Labute approximate surface area is 187 Å². The summed E-state index contributed by atoms with van der Waals surface area (Å²) in [4.78, 5) is 35.0. The molecule has 0 N–H and O–H groups in total. The van der Waals surface area contributed by atoms with Gasteiger partial charge in [-0.3, -0.25) is 14.3 Å². The standard InChI is InChI=1S/C24H28N6O2/c1-4-29-19(12-13-25-29)23(31)30-17-10-11-18(30)15-28-20(14-17)21(24(32)27(2)3)26-22(28)16-8-6-5-7-9-16/h5-9,12-13,17-18H,4,10-11,14-15H2,1-3H3/t17-,18+/m0/s1. The number of aromatic nitrogens is 4. The Hall–Kier alpha value is -3.42. The quantitative estimate of drug-likeness (QED) is 0.635. The Morgan fingerprint density at radius 2 is 1.84 bits per heavy atom. The van der Waals surface area contributed by atoms with Crippen molar-refractivity contribution >= 4 is 11.8 Å². The number of nitrogens with zero attached hydrogens (tertiary/aromatic N) is 6. The Morgan fingerprint density at radius 3 is 2.56 bits per heavy atom. The van der Waals surface area contributed by atoms with Gasteiger partial charge in [0, 0.05) is 51.4 Å². The molecule has 32 heavy (non-hydrogen) atoms. The fourth-order valence-electron chi connectivity index (χ4n) is 5.09. The van der Waals surface area contributed by atoms with E-state index in [-0.39, 0.29) is 23.9 Å². The highest BCUT2D eigenvalue weighted by Crippen LogP contribution is 2.36. The van der Waals surface area contributed by atoms with Crippen molar-refractivity contribution < 1.29 is 9.59 Å². The summed E-state index contributed by atoms with van der Waals surface area (Å²) in [6, 6.07) is 11.9. The molecule has 166 valence electrons. The summed E-state index contributed by atoms with van der Waals surface area (Å²) in [5.74, 6) is 0.720. The summed E-state index contributed by atoms with van der Waals surface area (Å²) in [7, 11) is 3.50. The van der Waals surface area contributed by atoms with Gasteiger partial charge in [-0.1, -0.05) is 30.3 Å². The van der Waals surface area contributed by atoms with Crippen LogP contribution in [0.25, 0.3) is 11.4 Å². The van der Waals surface area contributed by atoms with Crippen molar-refractivity contribution in [3.05, 3.63) is 59.7 Å². The highest BCUT2D eigenvalue weighted by molar-refractivity contribution is 5.95. The molecule has 2 atom stereocenters. The van der Waals surface area contributed by atoms with E-state index in [2.05, 4.69) is 9.67 Å². The van der Waals surface area contributed by atoms with Crippen molar-refractivity contribution in [1.29, 1.82) is 0 Å². The number of aryl methyl sites for hydroxylation is 1. The molecule has 0 saturated carbocycles. The third kappa shape index (κ3) is 3.21. The molecule has 5 rings (SSSR count). The number of amides is 2. The molecule has 3 aromatic rings. The molecule has 4 heterocycles. The second-order valence-electron chi connectivity index (χ2n) is 8.74. The number of benzene rings is 1. The summed E-state index contributed by atoms with van der Waals surface area (Å²) in [5.41, 5.74) is 3.03. The van der Waals surface area contributed by atoms with E-state index >= 15 is 0 Å². The third-order valence-corrected chi connectivity index (χ3v) is 6.63. The first-order valence-corrected chi connectivity index (χ1v) is 11.2. The van der Waals surface area contributed by atoms with Crippen molar-refractivity contribution in [2.75, 3.05) is 14.1 Å². The fraction of sp³-hybridized carbons (Fsp3) is 0.417. The van der Waals surface area contributed by atoms with Crippen LogP contribution in [0.4, 0.5) is 0 Å². The third-order valence-electron chi connectivity index (χ3n) is 6.63. The summed E-state index contributed by atoms with van der Waals surface area (Å²) >= 11 is 0. The second kappa shape index (κ2) is 7.93. The number of hydrogen-bond donors (Lipinski definition) is 0. The van der Waals surface area contributed by atoms with Crippen LogP contribution in [0.15, 0.2) is 42.6 Å². The predicted molar refractivity (Wildman–Crippen MR) is 120 cm³/mol. The zero-order valence-electron chi connectivity index (χ0n) is 18.7. The molecule has 2 bridgehead atoms. The first-order valence-electron chi connectivity index (χ1n) is 11.2. The zero-order chi connectivity index (χ0) is 22.4. The molecule has 2 aliphatic heterocycles. The summed E-state index contributed by atoms with van der Waals surface area (Å²) in [6.45, 7) is 3.28. The summed E-state index contributed by atoms with van der Waals surface area (Å²) < 4.78 is 3.93. The first kappa shape index (κ1) is 20.5. The van der Waals surface area contributed by atoms with Crippen molar-refractivity contribution in [2.45, 2.75) is 51.4 Å². The van der Waals surface area contributed by atoms with Crippen LogP contribution < -0.4 is 0 Å². The molecule has 8 nitrogen and oxygen atoms in total. The van der Waals surface area contributed by atoms with Gasteiger partial charge in [0.05, 0.1) is 11.7 Å². The monoisotopic (exact) mass is 432 g/mol. The number of carbonyl (C=O) groups is 2. The summed E-state index contributed by atoms with van der Waals surface area (Å²) in [6.07, 6.45) is 4.18. The maximum Gasteiger partial charge on any atom is 0.273 e. The molecule has 0 aliphatic carbocycles. The van der Waals surface area contributed by atoms with Gasteiger partial charge >= 0.3 is 0 Å².